The maximum Gasteiger partial charge on any atom is 0.188 e. The topological polar surface area (TPSA) is 59.6 Å². The van der Waals surface area contributed by atoms with Crippen LogP contribution in [0.3, 0.4) is 0 Å². The molecule has 1 rings (SSSR count). The zero-order valence-electron chi connectivity index (χ0n) is 12.2. The van der Waals surface area contributed by atoms with Crippen molar-refractivity contribution in [2.45, 2.75) is 59.0 Å². The molecule has 0 radical (unpaired) electrons. The van der Waals surface area contributed by atoms with Crippen molar-refractivity contribution in [2.75, 3.05) is 19.7 Å². The molecule has 1 heterocycles. The van der Waals surface area contributed by atoms with Gasteiger partial charge in [0.1, 0.15) is 0 Å². The normalized spacial score (nSPS) is 21.3. The molecular formula is C14H29N3O. The molecule has 0 spiro atoms. The summed E-state index contributed by atoms with van der Waals surface area (Å²) in [6.07, 6.45) is 6.07. The Balaban J connectivity index is 2.35. The summed E-state index contributed by atoms with van der Waals surface area (Å²) in [7, 11) is 0. The zero-order valence-corrected chi connectivity index (χ0v) is 12.2. The number of rotatable bonds is 7. The molecular weight excluding hydrogens is 226 g/mol. The second-order valence-electron chi connectivity index (χ2n) is 5.28. The number of nitrogens with two attached hydrogens (primary N) is 1. The van der Waals surface area contributed by atoms with Gasteiger partial charge in [0.05, 0.1) is 6.10 Å². The SMILES string of the molecule is CCC(CC)(CC)CN=C(N)NCC1CCCO1. The average molecular weight is 255 g/mol. The van der Waals surface area contributed by atoms with Crippen molar-refractivity contribution in [2.24, 2.45) is 16.1 Å². The second-order valence-corrected chi connectivity index (χ2v) is 5.28. The van der Waals surface area contributed by atoms with Crippen LogP contribution in [-0.4, -0.2) is 31.8 Å². The predicted molar refractivity (Wildman–Crippen MR) is 76.8 cm³/mol. The van der Waals surface area contributed by atoms with Gasteiger partial charge in [-0.05, 0) is 37.5 Å². The van der Waals surface area contributed by atoms with Crippen molar-refractivity contribution < 1.29 is 4.74 Å². The molecule has 4 heteroatoms. The van der Waals surface area contributed by atoms with Crippen LogP contribution in [0.5, 0.6) is 0 Å². The molecule has 0 aromatic carbocycles. The van der Waals surface area contributed by atoms with Crippen LogP contribution < -0.4 is 11.1 Å². The number of aliphatic imine (C=N–C) groups is 1. The Kier molecular flexibility index (Phi) is 6.47. The molecule has 1 aliphatic heterocycles. The van der Waals surface area contributed by atoms with Crippen LogP contribution in [0, 0.1) is 5.41 Å². The molecule has 1 atom stereocenters. The van der Waals surface area contributed by atoms with Crippen LogP contribution in [0.1, 0.15) is 52.9 Å². The highest BCUT2D eigenvalue weighted by Crippen LogP contribution is 2.30. The van der Waals surface area contributed by atoms with Gasteiger partial charge < -0.3 is 15.8 Å². The zero-order chi connectivity index (χ0) is 13.4. The monoisotopic (exact) mass is 255 g/mol. The highest BCUT2D eigenvalue weighted by Gasteiger charge is 2.23. The van der Waals surface area contributed by atoms with Crippen LogP contribution in [0.25, 0.3) is 0 Å². The Labute approximate surface area is 111 Å². The van der Waals surface area contributed by atoms with Gasteiger partial charge in [-0.25, -0.2) is 0 Å². The van der Waals surface area contributed by atoms with Crippen LogP contribution in [0.15, 0.2) is 4.99 Å². The predicted octanol–water partition coefficient (Wildman–Crippen LogP) is 2.29. The number of nitrogens with zero attached hydrogens (tertiary/aromatic N) is 1. The summed E-state index contributed by atoms with van der Waals surface area (Å²) in [6, 6.07) is 0. The highest BCUT2D eigenvalue weighted by atomic mass is 16.5. The number of hydrogen-bond donors (Lipinski definition) is 2. The van der Waals surface area contributed by atoms with Gasteiger partial charge in [-0.2, -0.15) is 0 Å². The van der Waals surface area contributed by atoms with E-state index in [-0.39, 0.29) is 0 Å². The molecule has 0 aromatic heterocycles. The van der Waals surface area contributed by atoms with E-state index in [0.717, 1.165) is 51.8 Å². The van der Waals surface area contributed by atoms with Crippen molar-refractivity contribution >= 4 is 5.96 Å². The summed E-state index contributed by atoms with van der Waals surface area (Å²) in [5.41, 5.74) is 6.22. The van der Waals surface area contributed by atoms with Crippen molar-refractivity contribution in [1.29, 1.82) is 0 Å². The maximum atomic E-state index is 5.91. The smallest absolute Gasteiger partial charge is 0.188 e. The molecule has 0 saturated carbocycles. The molecule has 1 fully saturated rings. The van der Waals surface area contributed by atoms with E-state index in [2.05, 4.69) is 31.1 Å². The van der Waals surface area contributed by atoms with Gasteiger partial charge in [0.2, 0.25) is 0 Å². The Bertz CT molecular complexity index is 248. The average Bonchev–Trinajstić information content (AvgIpc) is 2.92. The quantitative estimate of drug-likeness (QED) is 0.542. The van der Waals surface area contributed by atoms with E-state index in [9.17, 15) is 0 Å². The minimum atomic E-state index is 0.312. The minimum absolute atomic E-state index is 0.312. The van der Waals surface area contributed by atoms with Gasteiger partial charge >= 0.3 is 0 Å². The fourth-order valence-corrected chi connectivity index (χ4v) is 2.42. The Morgan fingerprint density at radius 3 is 2.50 bits per heavy atom. The standard InChI is InChI=1S/C14H29N3O/c1-4-14(5-2,6-3)11-17-13(15)16-10-12-8-7-9-18-12/h12H,4-11H2,1-3H3,(H3,15,16,17). The van der Waals surface area contributed by atoms with E-state index in [1.165, 1.54) is 0 Å². The van der Waals surface area contributed by atoms with Crippen molar-refractivity contribution in [3.8, 4) is 0 Å². The largest absolute Gasteiger partial charge is 0.376 e. The maximum absolute atomic E-state index is 5.91. The molecule has 4 nitrogen and oxygen atoms in total. The van der Waals surface area contributed by atoms with Gasteiger partial charge in [0.15, 0.2) is 5.96 Å². The van der Waals surface area contributed by atoms with Gasteiger partial charge in [-0.15, -0.1) is 0 Å². The second kappa shape index (κ2) is 7.62. The third-order valence-corrected chi connectivity index (χ3v) is 4.37. The number of ether oxygens (including phenoxy) is 1. The molecule has 106 valence electrons. The Morgan fingerprint density at radius 1 is 1.33 bits per heavy atom. The van der Waals surface area contributed by atoms with E-state index in [1.807, 2.05) is 0 Å². The molecule has 1 unspecified atom stereocenters. The lowest BCUT2D eigenvalue weighted by Crippen LogP contribution is -2.38. The van der Waals surface area contributed by atoms with E-state index in [0.29, 0.717) is 17.5 Å². The lowest BCUT2D eigenvalue weighted by molar-refractivity contribution is 0.114. The lowest BCUT2D eigenvalue weighted by Gasteiger charge is -2.28. The molecule has 0 amide bonds. The van der Waals surface area contributed by atoms with Crippen LogP contribution in [-0.2, 0) is 4.74 Å². The van der Waals surface area contributed by atoms with Crippen LogP contribution >= 0.6 is 0 Å². The Hall–Kier alpha value is -0.770. The minimum Gasteiger partial charge on any atom is -0.376 e. The molecule has 3 N–H and O–H groups in total. The third kappa shape index (κ3) is 4.48. The van der Waals surface area contributed by atoms with E-state index in [4.69, 9.17) is 10.5 Å². The van der Waals surface area contributed by atoms with Crippen molar-refractivity contribution in [1.82, 2.24) is 5.32 Å². The van der Waals surface area contributed by atoms with E-state index in [1.54, 1.807) is 0 Å². The fraction of sp³-hybridized carbons (Fsp3) is 0.929. The summed E-state index contributed by atoms with van der Waals surface area (Å²) in [6.45, 7) is 9.19. The fourth-order valence-electron chi connectivity index (χ4n) is 2.42. The van der Waals surface area contributed by atoms with Crippen LogP contribution in [0.2, 0.25) is 0 Å². The summed E-state index contributed by atoms with van der Waals surface area (Å²) >= 11 is 0. The molecule has 0 bridgehead atoms. The van der Waals surface area contributed by atoms with E-state index >= 15 is 0 Å². The third-order valence-electron chi connectivity index (χ3n) is 4.37. The van der Waals surface area contributed by atoms with Gasteiger partial charge in [-0.1, -0.05) is 20.8 Å². The van der Waals surface area contributed by atoms with Crippen LogP contribution in [0.4, 0.5) is 0 Å². The molecule has 1 saturated heterocycles. The first-order valence-electron chi connectivity index (χ1n) is 7.31. The highest BCUT2D eigenvalue weighted by molar-refractivity contribution is 5.77. The first-order chi connectivity index (χ1) is 8.65. The van der Waals surface area contributed by atoms with Crippen molar-refractivity contribution in [3.05, 3.63) is 0 Å². The molecule has 18 heavy (non-hydrogen) atoms. The van der Waals surface area contributed by atoms with Gasteiger partial charge in [-0.3, -0.25) is 4.99 Å². The molecule has 0 aliphatic carbocycles. The summed E-state index contributed by atoms with van der Waals surface area (Å²) < 4.78 is 5.54. The number of guanidine groups is 1. The number of hydrogen-bond acceptors (Lipinski definition) is 2. The Morgan fingerprint density at radius 2 is 2.00 bits per heavy atom. The number of nitrogens with one attached hydrogen (secondary N) is 1. The summed E-state index contributed by atoms with van der Waals surface area (Å²) in [5.74, 6) is 0.560. The van der Waals surface area contributed by atoms with E-state index < -0.39 is 0 Å². The first-order valence-corrected chi connectivity index (χ1v) is 7.31. The molecule has 0 aromatic rings. The first kappa shape index (κ1) is 15.3. The summed E-state index contributed by atoms with van der Waals surface area (Å²) in [5, 5.41) is 3.17. The van der Waals surface area contributed by atoms with Gasteiger partial charge in [0, 0.05) is 19.7 Å². The van der Waals surface area contributed by atoms with Crippen molar-refractivity contribution in [3.63, 3.8) is 0 Å². The van der Waals surface area contributed by atoms with Gasteiger partial charge in [0.25, 0.3) is 0 Å². The molecule has 1 aliphatic rings. The summed E-state index contributed by atoms with van der Waals surface area (Å²) in [4.78, 5) is 4.50. The lowest BCUT2D eigenvalue weighted by atomic mass is 9.80.